The van der Waals surface area contributed by atoms with Gasteiger partial charge in [0, 0.05) is 6.54 Å². The van der Waals surface area contributed by atoms with E-state index in [0.717, 1.165) is 0 Å². The first kappa shape index (κ1) is 12.9. The minimum atomic E-state index is -1.06. The third kappa shape index (κ3) is 2.51. The molecular formula is C10H18N2O4. The molecule has 1 aliphatic rings. The summed E-state index contributed by atoms with van der Waals surface area (Å²) in [5.74, 6) is -1.38. The van der Waals surface area contributed by atoms with Gasteiger partial charge >= 0.3 is 5.97 Å². The van der Waals surface area contributed by atoms with E-state index in [0.29, 0.717) is 13.0 Å². The number of hydrogen-bond acceptors (Lipinski definition) is 4. The molecule has 1 saturated heterocycles. The molecule has 0 spiro atoms. The first-order valence-electron chi connectivity index (χ1n) is 5.30. The number of nitrogens with zero attached hydrogens (tertiary/aromatic N) is 1. The molecule has 3 N–H and O–H groups in total. The van der Waals surface area contributed by atoms with Crippen LogP contribution in [0.15, 0.2) is 0 Å². The molecule has 0 bridgehead atoms. The van der Waals surface area contributed by atoms with E-state index in [4.69, 9.17) is 15.6 Å². The van der Waals surface area contributed by atoms with Crippen molar-refractivity contribution in [1.82, 2.24) is 4.90 Å². The zero-order chi connectivity index (χ0) is 12.3. The molecule has 2 unspecified atom stereocenters. The number of hydrogen-bond donors (Lipinski definition) is 2. The molecule has 0 radical (unpaired) electrons. The van der Waals surface area contributed by atoms with Crippen LogP contribution in [0.3, 0.4) is 0 Å². The van der Waals surface area contributed by atoms with Crippen molar-refractivity contribution >= 4 is 11.9 Å². The molecule has 0 saturated carbocycles. The second kappa shape index (κ2) is 4.80. The van der Waals surface area contributed by atoms with Gasteiger partial charge in [-0.2, -0.15) is 0 Å². The molecule has 6 heteroatoms. The van der Waals surface area contributed by atoms with Crippen LogP contribution >= 0.6 is 0 Å². The summed E-state index contributed by atoms with van der Waals surface area (Å²) in [5, 5.41) is 8.98. The van der Waals surface area contributed by atoms with Gasteiger partial charge in [-0.1, -0.05) is 6.92 Å². The lowest BCUT2D eigenvalue weighted by molar-refractivity contribution is -0.160. The van der Waals surface area contributed by atoms with Crippen molar-refractivity contribution in [3.05, 3.63) is 0 Å². The van der Waals surface area contributed by atoms with Crippen LogP contribution in [0.5, 0.6) is 0 Å². The van der Waals surface area contributed by atoms with Crippen molar-refractivity contribution in [1.29, 1.82) is 0 Å². The molecule has 0 aromatic heterocycles. The highest BCUT2D eigenvalue weighted by Gasteiger charge is 2.39. The standard InChI is InChI=1S/C10H18N2O4/c1-3-10(2,11)9(15)12-4-5-16-6-7(12)8(13)14/h7H,3-6,11H2,1-2H3,(H,13,14). The van der Waals surface area contributed by atoms with Crippen LogP contribution in [0.2, 0.25) is 0 Å². The van der Waals surface area contributed by atoms with Crippen molar-refractivity contribution < 1.29 is 19.4 Å². The number of carbonyl (C=O) groups is 2. The van der Waals surface area contributed by atoms with Crippen LogP contribution in [-0.2, 0) is 14.3 Å². The van der Waals surface area contributed by atoms with Gasteiger partial charge in [0.25, 0.3) is 0 Å². The molecule has 92 valence electrons. The summed E-state index contributed by atoms with van der Waals surface area (Å²) in [4.78, 5) is 24.3. The Bertz CT molecular complexity index is 291. The van der Waals surface area contributed by atoms with Crippen LogP contribution in [0.1, 0.15) is 20.3 Å². The van der Waals surface area contributed by atoms with Crippen LogP contribution in [0.4, 0.5) is 0 Å². The van der Waals surface area contributed by atoms with Gasteiger partial charge < -0.3 is 20.5 Å². The Kier molecular flexibility index (Phi) is 3.88. The number of amides is 1. The first-order valence-corrected chi connectivity index (χ1v) is 5.30. The summed E-state index contributed by atoms with van der Waals surface area (Å²) in [6.45, 7) is 4.08. The van der Waals surface area contributed by atoms with Crippen molar-refractivity contribution in [2.45, 2.75) is 31.8 Å². The quantitative estimate of drug-likeness (QED) is 0.677. The van der Waals surface area contributed by atoms with Gasteiger partial charge in [0.1, 0.15) is 0 Å². The summed E-state index contributed by atoms with van der Waals surface area (Å²) >= 11 is 0. The van der Waals surface area contributed by atoms with Gasteiger partial charge in [0.15, 0.2) is 6.04 Å². The fraction of sp³-hybridized carbons (Fsp3) is 0.800. The Morgan fingerprint density at radius 1 is 1.62 bits per heavy atom. The number of carboxylic acids is 1. The lowest BCUT2D eigenvalue weighted by Crippen LogP contribution is -2.61. The summed E-state index contributed by atoms with van der Waals surface area (Å²) in [5.41, 5.74) is 4.82. The van der Waals surface area contributed by atoms with Crippen LogP contribution < -0.4 is 5.73 Å². The van der Waals surface area contributed by atoms with Crippen molar-refractivity contribution in [2.75, 3.05) is 19.8 Å². The van der Waals surface area contributed by atoms with Gasteiger partial charge in [-0.05, 0) is 13.3 Å². The minimum absolute atomic E-state index is 0.0286. The maximum absolute atomic E-state index is 12.0. The zero-order valence-electron chi connectivity index (χ0n) is 9.60. The molecular weight excluding hydrogens is 212 g/mol. The Morgan fingerprint density at radius 3 is 2.75 bits per heavy atom. The van der Waals surface area contributed by atoms with E-state index >= 15 is 0 Å². The normalized spacial score (nSPS) is 24.9. The van der Waals surface area contributed by atoms with E-state index in [2.05, 4.69) is 0 Å². The van der Waals surface area contributed by atoms with Crippen molar-refractivity contribution in [3.8, 4) is 0 Å². The number of rotatable bonds is 3. The van der Waals surface area contributed by atoms with Crippen LogP contribution in [0, 0.1) is 0 Å². The fourth-order valence-corrected chi connectivity index (χ4v) is 1.53. The smallest absolute Gasteiger partial charge is 0.328 e. The van der Waals surface area contributed by atoms with Crippen molar-refractivity contribution in [2.24, 2.45) is 5.73 Å². The monoisotopic (exact) mass is 230 g/mol. The van der Waals surface area contributed by atoms with E-state index < -0.39 is 17.6 Å². The summed E-state index contributed by atoms with van der Waals surface area (Å²) in [7, 11) is 0. The topological polar surface area (TPSA) is 92.9 Å². The Morgan fingerprint density at radius 2 is 2.25 bits per heavy atom. The average Bonchev–Trinajstić information content (AvgIpc) is 2.28. The molecule has 0 aromatic carbocycles. The van der Waals surface area contributed by atoms with E-state index in [9.17, 15) is 9.59 Å². The summed E-state index contributed by atoms with van der Waals surface area (Å²) in [6.07, 6.45) is 0.468. The summed E-state index contributed by atoms with van der Waals surface area (Å²) < 4.78 is 5.05. The molecule has 1 rings (SSSR count). The highest BCUT2D eigenvalue weighted by molar-refractivity contribution is 5.89. The predicted octanol–water partition coefficient (Wildman–Crippen LogP) is -0.574. The second-order valence-corrected chi connectivity index (χ2v) is 4.20. The Hall–Kier alpha value is -1.14. The Labute approximate surface area is 94.3 Å². The Balaban J connectivity index is 2.83. The van der Waals surface area contributed by atoms with Gasteiger partial charge in [-0.15, -0.1) is 0 Å². The largest absolute Gasteiger partial charge is 0.480 e. The van der Waals surface area contributed by atoms with Crippen molar-refractivity contribution in [3.63, 3.8) is 0 Å². The number of aliphatic carboxylic acids is 1. The number of morpholine rings is 1. The maximum Gasteiger partial charge on any atom is 0.328 e. The first-order chi connectivity index (χ1) is 7.40. The number of ether oxygens (including phenoxy) is 1. The lowest BCUT2D eigenvalue weighted by atomic mass is 9.97. The van der Waals surface area contributed by atoms with E-state index in [1.54, 1.807) is 13.8 Å². The predicted molar refractivity (Wildman–Crippen MR) is 56.8 cm³/mol. The maximum atomic E-state index is 12.0. The number of nitrogens with two attached hydrogens (primary N) is 1. The second-order valence-electron chi connectivity index (χ2n) is 4.20. The average molecular weight is 230 g/mol. The van der Waals surface area contributed by atoms with Crippen LogP contribution in [-0.4, -0.2) is 53.2 Å². The van der Waals surface area contributed by atoms with E-state index in [1.807, 2.05) is 0 Å². The van der Waals surface area contributed by atoms with E-state index in [-0.39, 0.29) is 19.1 Å². The molecule has 1 aliphatic heterocycles. The zero-order valence-corrected chi connectivity index (χ0v) is 9.60. The molecule has 16 heavy (non-hydrogen) atoms. The number of carbonyl (C=O) groups excluding carboxylic acids is 1. The molecule has 2 atom stereocenters. The van der Waals surface area contributed by atoms with Gasteiger partial charge in [-0.25, -0.2) is 4.79 Å². The molecule has 0 aliphatic carbocycles. The highest BCUT2D eigenvalue weighted by atomic mass is 16.5. The van der Waals surface area contributed by atoms with Crippen LogP contribution in [0.25, 0.3) is 0 Å². The molecule has 0 aromatic rings. The molecule has 6 nitrogen and oxygen atoms in total. The lowest BCUT2D eigenvalue weighted by Gasteiger charge is -2.37. The fourth-order valence-electron chi connectivity index (χ4n) is 1.53. The highest BCUT2D eigenvalue weighted by Crippen LogP contribution is 2.15. The number of carboxylic acid groups (broad SMARTS) is 1. The van der Waals surface area contributed by atoms with E-state index in [1.165, 1.54) is 4.90 Å². The van der Waals surface area contributed by atoms with Gasteiger partial charge in [0.2, 0.25) is 5.91 Å². The SMILES string of the molecule is CCC(C)(N)C(=O)N1CCOCC1C(=O)O. The summed E-state index contributed by atoms with van der Waals surface area (Å²) in [6, 6.07) is -0.921. The minimum Gasteiger partial charge on any atom is -0.480 e. The van der Waals surface area contributed by atoms with Gasteiger partial charge in [-0.3, -0.25) is 4.79 Å². The van der Waals surface area contributed by atoms with Gasteiger partial charge in [0.05, 0.1) is 18.8 Å². The molecule has 1 heterocycles. The third-order valence-electron chi connectivity index (χ3n) is 2.90. The molecule has 1 fully saturated rings. The molecule has 1 amide bonds. The third-order valence-corrected chi connectivity index (χ3v) is 2.90.